The van der Waals surface area contributed by atoms with Gasteiger partial charge in [0, 0.05) is 6.54 Å². The van der Waals surface area contributed by atoms with Crippen LogP contribution in [0.1, 0.15) is 30.0 Å². The van der Waals surface area contributed by atoms with Gasteiger partial charge in [0.15, 0.2) is 0 Å². The van der Waals surface area contributed by atoms with Crippen LogP contribution in [0.2, 0.25) is 0 Å². The summed E-state index contributed by atoms with van der Waals surface area (Å²) in [6, 6.07) is 29.8. The molecule has 0 saturated carbocycles. The number of benzene rings is 3. The van der Waals surface area contributed by atoms with E-state index in [4.69, 9.17) is 17.7 Å². The Morgan fingerprint density at radius 3 is 1.76 bits per heavy atom. The molecule has 0 amide bonds. The third-order valence-electron chi connectivity index (χ3n) is 4.79. The van der Waals surface area contributed by atoms with Crippen molar-refractivity contribution in [2.45, 2.75) is 13.3 Å². The highest BCUT2D eigenvalue weighted by Crippen LogP contribution is 2.34. The first kappa shape index (κ1) is 26.3. The summed E-state index contributed by atoms with van der Waals surface area (Å²) in [5, 5.41) is 3.88. The molecule has 6 nitrogen and oxygen atoms in total. The number of likely N-dealkylation sites (N-methyl/N-ethyl adjacent to an activating group) is 1. The Morgan fingerprint density at radius 1 is 0.848 bits per heavy atom. The molecule has 0 aromatic heterocycles. The summed E-state index contributed by atoms with van der Waals surface area (Å²) >= 11 is 0. The fourth-order valence-electron chi connectivity index (χ4n) is 3.35. The lowest BCUT2D eigenvalue weighted by atomic mass is 9.88. The van der Waals surface area contributed by atoms with E-state index in [0.29, 0.717) is 6.61 Å². The first-order valence-electron chi connectivity index (χ1n) is 10.7. The molecule has 0 heterocycles. The molecule has 0 aliphatic rings. The first-order valence-corrected chi connectivity index (χ1v) is 12.2. The predicted molar refractivity (Wildman–Crippen MR) is 135 cm³/mol. The average molecular weight is 469 g/mol. The van der Waals surface area contributed by atoms with Crippen LogP contribution in [0.4, 0.5) is 0 Å². The van der Waals surface area contributed by atoms with Gasteiger partial charge in [-0.15, -0.1) is 0 Å². The lowest BCUT2D eigenvalue weighted by Gasteiger charge is -2.17. The fraction of sp³-hybridized carbons (Fsp3) is 0.231. The second-order valence-corrected chi connectivity index (χ2v) is 8.66. The molecule has 0 aliphatic carbocycles. The minimum atomic E-state index is -4.17. The Morgan fingerprint density at radius 2 is 1.30 bits per heavy atom. The van der Waals surface area contributed by atoms with Gasteiger partial charge in [0.05, 0.1) is 0 Å². The minimum Gasteiger partial charge on any atom is -0.492 e. The number of hydrogen-bond acceptors (Lipinski definition) is 4. The highest BCUT2D eigenvalue weighted by atomic mass is 32.2. The normalized spacial score (nSPS) is 11.9. The van der Waals surface area contributed by atoms with E-state index in [1.807, 2.05) is 0 Å². The van der Waals surface area contributed by atoms with Crippen LogP contribution >= 0.6 is 0 Å². The molecule has 3 rings (SSSR count). The van der Waals surface area contributed by atoms with Crippen LogP contribution in [-0.2, 0) is 10.3 Å². The van der Waals surface area contributed by atoms with E-state index >= 15 is 0 Å². The Kier molecular flexibility index (Phi) is 10.3. The Hall–Kier alpha value is -2.97. The standard InChI is InChI=1S/C26H29NO.H3NO3S/c1-4-25(21-11-7-5-8-12-21)26(22-13-9-6-10-14-22)23-15-17-24(18-16-23)28-20-19-27(2)3;1-5(2,3)4/h5-18H,4,19-20H2,1-3H3;(H3,1,2,3,4)/b26-25-;. The molecular formula is C26H32N2O4S. The van der Waals surface area contributed by atoms with E-state index in [-0.39, 0.29) is 0 Å². The van der Waals surface area contributed by atoms with Crippen LogP contribution in [0.25, 0.3) is 11.1 Å². The summed E-state index contributed by atoms with van der Waals surface area (Å²) in [7, 11) is -0.0570. The quantitative estimate of drug-likeness (QED) is 0.368. The number of rotatable bonds is 8. The highest BCUT2D eigenvalue weighted by molar-refractivity contribution is 7.83. The van der Waals surface area contributed by atoms with Crippen LogP contribution in [0.3, 0.4) is 0 Å². The van der Waals surface area contributed by atoms with Crippen molar-refractivity contribution in [2.24, 2.45) is 5.14 Å². The molecular weight excluding hydrogens is 436 g/mol. The minimum absolute atomic E-state index is 0.692. The average Bonchev–Trinajstić information content (AvgIpc) is 2.78. The molecule has 0 bridgehead atoms. The van der Waals surface area contributed by atoms with E-state index in [0.717, 1.165) is 18.7 Å². The highest BCUT2D eigenvalue weighted by Gasteiger charge is 2.13. The van der Waals surface area contributed by atoms with Crippen LogP contribution < -0.4 is 9.88 Å². The summed E-state index contributed by atoms with van der Waals surface area (Å²) in [6.45, 7) is 3.83. The van der Waals surface area contributed by atoms with Gasteiger partial charge in [-0.1, -0.05) is 79.7 Å². The summed E-state index contributed by atoms with van der Waals surface area (Å²) in [5.41, 5.74) is 6.37. The summed E-state index contributed by atoms with van der Waals surface area (Å²) in [6.07, 6.45) is 0.968. The first-order chi connectivity index (χ1) is 15.7. The van der Waals surface area contributed by atoms with E-state index in [9.17, 15) is 0 Å². The second kappa shape index (κ2) is 12.9. The van der Waals surface area contributed by atoms with Gasteiger partial charge in [-0.25, -0.2) is 5.14 Å². The van der Waals surface area contributed by atoms with Crippen LogP contribution in [-0.4, -0.2) is 45.1 Å². The van der Waals surface area contributed by atoms with Gasteiger partial charge < -0.3 is 9.64 Å². The zero-order chi connectivity index (χ0) is 24.3. The summed E-state index contributed by atoms with van der Waals surface area (Å²) < 4.78 is 31.1. The van der Waals surface area contributed by atoms with Crippen molar-refractivity contribution in [3.8, 4) is 5.75 Å². The molecule has 0 spiro atoms. The number of ether oxygens (including phenoxy) is 1. The van der Waals surface area contributed by atoms with Crippen molar-refractivity contribution in [3.63, 3.8) is 0 Å². The zero-order valence-corrected chi connectivity index (χ0v) is 20.1. The molecule has 7 heteroatoms. The number of nitrogens with two attached hydrogens (primary N) is 1. The fourth-order valence-corrected chi connectivity index (χ4v) is 3.35. The van der Waals surface area contributed by atoms with Gasteiger partial charge in [0.25, 0.3) is 0 Å². The lowest BCUT2D eigenvalue weighted by Crippen LogP contribution is -2.19. The molecule has 0 fully saturated rings. The third-order valence-corrected chi connectivity index (χ3v) is 4.79. The Balaban J connectivity index is 0.000000696. The predicted octanol–water partition coefficient (Wildman–Crippen LogP) is 4.74. The van der Waals surface area contributed by atoms with Gasteiger partial charge in [-0.2, -0.15) is 8.42 Å². The number of hydrogen-bond donors (Lipinski definition) is 2. The van der Waals surface area contributed by atoms with Crippen molar-refractivity contribution in [1.29, 1.82) is 0 Å². The van der Waals surface area contributed by atoms with Crippen molar-refractivity contribution in [3.05, 3.63) is 102 Å². The molecule has 0 unspecified atom stereocenters. The summed E-state index contributed by atoms with van der Waals surface area (Å²) in [4.78, 5) is 2.12. The molecule has 3 aromatic rings. The Bertz CT molecular complexity index is 1100. The number of nitrogens with zero attached hydrogens (tertiary/aromatic N) is 1. The van der Waals surface area contributed by atoms with Crippen molar-refractivity contribution >= 4 is 21.5 Å². The SMILES string of the molecule is CC/C(=C(\c1ccccc1)c1ccc(OCCN(C)C)cc1)c1ccccc1.NS(=O)(=O)O. The van der Waals surface area contributed by atoms with Gasteiger partial charge in [0.2, 0.25) is 0 Å². The topological polar surface area (TPSA) is 92.9 Å². The monoisotopic (exact) mass is 468 g/mol. The van der Waals surface area contributed by atoms with Gasteiger partial charge >= 0.3 is 10.3 Å². The Labute approximate surface area is 197 Å². The van der Waals surface area contributed by atoms with Gasteiger partial charge in [0.1, 0.15) is 12.4 Å². The molecule has 3 aromatic carbocycles. The van der Waals surface area contributed by atoms with Crippen molar-refractivity contribution in [1.82, 2.24) is 4.90 Å². The van der Waals surface area contributed by atoms with Gasteiger partial charge in [-0.3, -0.25) is 4.55 Å². The largest absolute Gasteiger partial charge is 0.492 e. The van der Waals surface area contributed by atoms with E-state index in [1.165, 1.54) is 27.8 Å². The molecule has 176 valence electrons. The second-order valence-electron chi connectivity index (χ2n) is 7.63. The maximum Gasteiger partial charge on any atom is 0.330 e. The third kappa shape index (κ3) is 9.59. The number of allylic oxidation sites excluding steroid dienone is 1. The van der Waals surface area contributed by atoms with Crippen molar-refractivity contribution < 1.29 is 17.7 Å². The maximum absolute atomic E-state index is 8.97. The van der Waals surface area contributed by atoms with Crippen LogP contribution in [0, 0.1) is 0 Å². The molecule has 33 heavy (non-hydrogen) atoms. The van der Waals surface area contributed by atoms with Crippen molar-refractivity contribution in [2.75, 3.05) is 27.2 Å². The molecule has 0 radical (unpaired) electrons. The maximum atomic E-state index is 8.97. The van der Waals surface area contributed by atoms with Gasteiger partial charge in [-0.05, 0) is 60.5 Å². The lowest BCUT2D eigenvalue weighted by molar-refractivity contribution is 0.261. The van der Waals surface area contributed by atoms with Crippen LogP contribution in [0.15, 0.2) is 84.9 Å². The smallest absolute Gasteiger partial charge is 0.330 e. The molecule has 0 aliphatic heterocycles. The van der Waals surface area contributed by atoms with Crippen LogP contribution in [0.5, 0.6) is 5.75 Å². The summed E-state index contributed by atoms with van der Waals surface area (Å²) in [5.74, 6) is 0.913. The zero-order valence-electron chi connectivity index (χ0n) is 19.3. The molecule has 0 saturated heterocycles. The molecule has 3 N–H and O–H groups in total. The van der Waals surface area contributed by atoms with E-state index < -0.39 is 10.3 Å². The van der Waals surface area contributed by atoms with E-state index in [2.05, 4.69) is 116 Å². The van der Waals surface area contributed by atoms with E-state index in [1.54, 1.807) is 0 Å². The molecule has 0 atom stereocenters.